The normalized spacial score (nSPS) is 20.3. The van der Waals surface area contributed by atoms with Crippen LogP contribution in [-0.2, 0) is 19.4 Å². The number of benzene rings is 2. The highest BCUT2D eigenvalue weighted by Crippen LogP contribution is 2.39. The molecule has 0 radical (unpaired) electrons. The standard InChI is InChI=1S/C18H18N2O/c19-18(21)15-7-3-6-12-8-9-20-11-14-5-2-1-4-13(14)10-16(20)17(12)15/h1-7,16H,8-11H2,(H2,19,21). The number of carbonyl (C=O) groups excluding carboxylic acids is 1. The third-order valence-corrected chi connectivity index (χ3v) is 4.81. The van der Waals surface area contributed by atoms with Crippen LogP contribution in [-0.4, -0.2) is 17.4 Å². The molecule has 0 saturated heterocycles. The maximum Gasteiger partial charge on any atom is 0.249 e. The van der Waals surface area contributed by atoms with Crippen molar-refractivity contribution in [1.82, 2.24) is 4.90 Å². The van der Waals surface area contributed by atoms with E-state index in [-0.39, 0.29) is 11.9 Å². The van der Waals surface area contributed by atoms with Crippen molar-refractivity contribution in [2.75, 3.05) is 6.54 Å². The Kier molecular flexibility index (Phi) is 2.82. The van der Waals surface area contributed by atoms with E-state index in [1.807, 2.05) is 12.1 Å². The van der Waals surface area contributed by atoms with Gasteiger partial charge in [0.1, 0.15) is 0 Å². The van der Waals surface area contributed by atoms with Crippen LogP contribution in [0.1, 0.15) is 38.7 Å². The van der Waals surface area contributed by atoms with E-state index in [9.17, 15) is 4.79 Å². The van der Waals surface area contributed by atoms with Gasteiger partial charge in [0, 0.05) is 24.7 Å². The third-order valence-electron chi connectivity index (χ3n) is 4.81. The van der Waals surface area contributed by atoms with Crippen LogP contribution in [0.25, 0.3) is 0 Å². The molecule has 2 heterocycles. The Balaban J connectivity index is 1.84. The minimum absolute atomic E-state index is 0.285. The van der Waals surface area contributed by atoms with Crippen molar-refractivity contribution in [1.29, 1.82) is 0 Å². The van der Waals surface area contributed by atoms with Crippen molar-refractivity contribution in [2.45, 2.75) is 25.4 Å². The summed E-state index contributed by atoms with van der Waals surface area (Å²) in [5.41, 5.74) is 11.5. The fourth-order valence-electron chi connectivity index (χ4n) is 3.80. The second kappa shape index (κ2) is 4.71. The fraction of sp³-hybridized carbons (Fsp3) is 0.278. The summed E-state index contributed by atoms with van der Waals surface area (Å²) in [6.07, 6.45) is 1.96. The molecule has 2 aromatic rings. The lowest BCUT2D eigenvalue weighted by atomic mass is 9.82. The van der Waals surface area contributed by atoms with Gasteiger partial charge in [-0.25, -0.2) is 0 Å². The minimum Gasteiger partial charge on any atom is -0.366 e. The molecule has 0 fully saturated rings. The van der Waals surface area contributed by atoms with Crippen molar-refractivity contribution in [3.05, 3.63) is 70.3 Å². The van der Waals surface area contributed by atoms with E-state index in [0.29, 0.717) is 5.56 Å². The van der Waals surface area contributed by atoms with Crippen LogP contribution in [0.5, 0.6) is 0 Å². The van der Waals surface area contributed by atoms with Crippen LogP contribution in [0.3, 0.4) is 0 Å². The molecule has 3 nitrogen and oxygen atoms in total. The highest BCUT2D eigenvalue weighted by Gasteiger charge is 2.34. The molecule has 0 spiro atoms. The van der Waals surface area contributed by atoms with Crippen LogP contribution >= 0.6 is 0 Å². The van der Waals surface area contributed by atoms with Crippen molar-refractivity contribution in [2.24, 2.45) is 5.73 Å². The molecule has 0 aromatic heterocycles. The van der Waals surface area contributed by atoms with Gasteiger partial charge in [-0.05, 0) is 41.2 Å². The molecule has 106 valence electrons. The summed E-state index contributed by atoms with van der Waals surface area (Å²) < 4.78 is 0. The van der Waals surface area contributed by atoms with Crippen LogP contribution < -0.4 is 5.73 Å². The third kappa shape index (κ3) is 1.96. The Morgan fingerprint density at radius 2 is 1.81 bits per heavy atom. The first-order chi connectivity index (χ1) is 10.2. The monoisotopic (exact) mass is 278 g/mol. The first-order valence-electron chi connectivity index (χ1n) is 7.46. The van der Waals surface area contributed by atoms with Gasteiger partial charge in [-0.15, -0.1) is 0 Å². The molecular formula is C18H18N2O. The number of primary amides is 1. The van der Waals surface area contributed by atoms with Crippen molar-refractivity contribution >= 4 is 5.91 Å². The second-order valence-corrected chi connectivity index (χ2v) is 5.95. The zero-order chi connectivity index (χ0) is 14.4. The predicted molar refractivity (Wildman–Crippen MR) is 82.0 cm³/mol. The molecule has 2 aromatic carbocycles. The Bertz CT molecular complexity index is 723. The van der Waals surface area contributed by atoms with Crippen LogP contribution in [0.15, 0.2) is 42.5 Å². The molecule has 0 bridgehead atoms. The van der Waals surface area contributed by atoms with Crippen LogP contribution in [0.4, 0.5) is 0 Å². The number of nitrogens with two attached hydrogens (primary N) is 1. The fourth-order valence-corrected chi connectivity index (χ4v) is 3.80. The summed E-state index contributed by atoms with van der Waals surface area (Å²) in [5.74, 6) is -0.312. The van der Waals surface area contributed by atoms with E-state index in [1.54, 1.807) is 0 Å². The van der Waals surface area contributed by atoms with Crippen LogP contribution in [0, 0.1) is 0 Å². The maximum atomic E-state index is 11.8. The van der Waals surface area contributed by atoms with E-state index in [1.165, 1.54) is 16.7 Å². The van der Waals surface area contributed by atoms with Gasteiger partial charge in [-0.1, -0.05) is 36.4 Å². The summed E-state index contributed by atoms with van der Waals surface area (Å²) in [7, 11) is 0. The zero-order valence-corrected chi connectivity index (χ0v) is 11.9. The molecule has 0 saturated carbocycles. The summed E-state index contributed by atoms with van der Waals surface area (Å²) in [4.78, 5) is 14.3. The molecule has 3 heteroatoms. The molecule has 1 amide bonds. The molecule has 4 rings (SSSR count). The zero-order valence-electron chi connectivity index (χ0n) is 11.9. The van der Waals surface area contributed by atoms with Gasteiger partial charge in [-0.2, -0.15) is 0 Å². The molecule has 2 aliphatic rings. The molecule has 2 aliphatic heterocycles. The van der Waals surface area contributed by atoms with Gasteiger partial charge < -0.3 is 5.73 Å². The van der Waals surface area contributed by atoms with Gasteiger partial charge in [0.15, 0.2) is 0 Å². The first-order valence-corrected chi connectivity index (χ1v) is 7.46. The number of rotatable bonds is 1. The number of nitrogens with zero attached hydrogens (tertiary/aromatic N) is 1. The lowest BCUT2D eigenvalue weighted by molar-refractivity contribution is 0.0992. The first kappa shape index (κ1) is 12.6. The van der Waals surface area contributed by atoms with Gasteiger partial charge in [0.05, 0.1) is 0 Å². The van der Waals surface area contributed by atoms with Crippen LogP contribution in [0.2, 0.25) is 0 Å². The van der Waals surface area contributed by atoms with E-state index >= 15 is 0 Å². The van der Waals surface area contributed by atoms with Crippen molar-refractivity contribution in [3.63, 3.8) is 0 Å². The Morgan fingerprint density at radius 1 is 1.05 bits per heavy atom. The van der Waals surface area contributed by atoms with Crippen molar-refractivity contribution in [3.8, 4) is 0 Å². The predicted octanol–water partition coefficient (Wildman–Crippen LogP) is 2.44. The summed E-state index contributed by atoms with van der Waals surface area (Å²) >= 11 is 0. The highest BCUT2D eigenvalue weighted by molar-refractivity contribution is 5.95. The van der Waals surface area contributed by atoms with E-state index in [2.05, 4.69) is 35.2 Å². The Hall–Kier alpha value is -2.13. The van der Waals surface area contributed by atoms with E-state index in [0.717, 1.165) is 31.5 Å². The number of fused-ring (bicyclic) bond motifs is 4. The summed E-state index contributed by atoms with van der Waals surface area (Å²) in [6, 6.07) is 14.8. The van der Waals surface area contributed by atoms with Gasteiger partial charge >= 0.3 is 0 Å². The molecule has 2 N–H and O–H groups in total. The molecule has 0 aliphatic carbocycles. The molecule has 1 atom stereocenters. The molecular weight excluding hydrogens is 260 g/mol. The maximum absolute atomic E-state index is 11.8. The summed E-state index contributed by atoms with van der Waals surface area (Å²) in [6.45, 7) is 2.02. The van der Waals surface area contributed by atoms with Gasteiger partial charge in [0.25, 0.3) is 0 Å². The Labute approximate surface area is 124 Å². The number of amides is 1. The van der Waals surface area contributed by atoms with Gasteiger partial charge in [0.2, 0.25) is 5.91 Å². The number of hydrogen-bond donors (Lipinski definition) is 1. The quantitative estimate of drug-likeness (QED) is 0.871. The van der Waals surface area contributed by atoms with E-state index < -0.39 is 0 Å². The lowest BCUT2D eigenvalue weighted by Gasteiger charge is -2.42. The lowest BCUT2D eigenvalue weighted by Crippen LogP contribution is -2.40. The van der Waals surface area contributed by atoms with Crippen molar-refractivity contribution < 1.29 is 4.79 Å². The second-order valence-electron chi connectivity index (χ2n) is 5.95. The van der Waals surface area contributed by atoms with Gasteiger partial charge in [-0.3, -0.25) is 9.69 Å². The molecule has 21 heavy (non-hydrogen) atoms. The number of carbonyl (C=O) groups is 1. The average Bonchev–Trinajstić information content (AvgIpc) is 2.52. The number of hydrogen-bond acceptors (Lipinski definition) is 2. The van der Waals surface area contributed by atoms with E-state index in [4.69, 9.17) is 5.73 Å². The molecule has 1 unspecified atom stereocenters. The Morgan fingerprint density at radius 3 is 2.62 bits per heavy atom. The SMILES string of the molecule is NC(=O)c1cccc2c1C1Cc3ccccc3CN1CC2. The largest absolute Gasteiger partial charge is 0.366 e. The smallest absolute Gasteiger partial charge is 0.249 e. The average molecular weight is 278 g/mol. The summed E-state index contributed by atoms with van der Waals surface area (Å²) in [5, 5.41) is 0. The minimum atomic E-state index is -0.312. The highest BCUT2D eigenvalue weighted by atomic mass is 16.1. The topological polar surface area (TPSA) is 46.3 Å².